The Balaban J connectivity index is 1.91. The van der Waals surface area contributed by atoms with E-state index in [1.807, 2.05) is 18.9 Å². The second-order valence-electron chi connectivity index (χ2n) is 6.35. The summed E-state index contributed by atoms with van der Waals surface area (Å²) in [5.41, 5.74) is 0.933. The van der Waals surface area contributed by atoms with Crippen molar-refractivity contribution in [1.82, 2.24) is 4.90 Å². The largest absolute Gasteiger partial charge is 0.488 e. The lowest BCUT2D eigenvalue weighted by Gasteiger charge is -2.27. The number of hydrogen-bond donors (Lipinski definition) is 1. The summed E-state index contributed by atoms with van der Waals surface area (Å²) >= 11 is 0. The van der Waals surface area contributed by atoms with Crippen molar-refractivity contribution < 1.29 is 22.7 Å². The number of hydrogen-bond acceptors (Lipinski definition) is 5. The molecule has 2 unspecified atom stereocenters. The number of sulfone groups is 1. The summed E-state index contributed by atoms with van der Waals surface area (Å²) in [4.78, 5) is 2.19. The zero-order valence-electron chi connectivity index (χ0n) is 15.1. The summed E-state index contributed by atoms with van der Waals surface area (Å²) < 4.78 is 41.9. The fraction of sp³-hybridized carbons (Fsp3) is 0.368. The molecule has 0 saturated carbocycles. The third-order valence-electron chi connectivity index (χ3n) is 4.22. The summed E-state index contributed by atoms with van der Waals surface area (Å²) in [6.45, 7) is 2.26. The first kappa shape index (κ1) is 20.4. The van der Waals surface area contributed by atoms with Crippen molar-refractivity contribution in [2.75, 3.05) is 26.5 Å². The molecular formula is C19H24FNO4S. The third-order valence-corrected chi connectivity index (χ3v) is 5.35. The molecule has 0 spiro atoms. The molecule has 2 atom stereocenters. The number of benzene rings is 2. The summed E-state index contributed by atoms with van der Waals surface area (Å²) in [7, 11) is -1.37. The highest BCUT2D eigenvalue weighted by Gasteiger charge is 2.17. The molecule has 7 heteroatoms. The highest BCUT2D eigenvalue weighted by molar-refractivity contribution is 7.90. The molecule has 5 nitrogen and oxygen atoms in total. The minimum absolute atomic E-state index is 0.0228. The molecule has 2 aromatic rings. The quantitative estimate of drug-likeness (QED) is 0.762. The molecule has 142 valence electrons. The molecule has 0 fully saturated rings. The SMILES string of the molecule is CC(c1ccc(S(C)(=O)=O)cc1)N(C)CC(O)COc1ccccc1F. The molecule has 0 aliphatic heterocycles. The number of nitrogens with zero attached hydrogens (tertiary/aromatic N) is 1. The molecule has 0 amide bonds. The zero-order valence-corrected chi connectivity index (χ0v) is 15.9. The van der Waals surface area contributed by atoms with Crippen LogP contribution in [0.15, 0.2) is 53.4 Å². The molecule has 0 heterocycles. The fourth-order valence-electron chi connectivity index (χ4n) is 2.54. The lowest BCUT2D eigenvalue weighted by molar-refractivity contribution is 0.0640. The Labute approximate surface area is 154 Å². The van der Waals surface area contributed by atoms with E-state index in [9.17, 15) is 17.9 Å². The minimum atomic E-state index is -3.22. The van der Waals surface area contributed by atoms with Gasteiger partial charge in [0.2, 0.25) is 0 Å². The highest BCUT2D eigenvalue weighted by Crippen LogP contribution is 2.21. The van der Waals surface area contributed by atoms with Crippen LogP contribution in [0, 0.1) is 5.82 Å². The summed E-state index contributed by atoms with van der Waals surface area (Å²) in [5, 5.41) is 10.1. The molecule has 0 aliphatic rings. The van der Waals surface area contributed by atoms with Gasteiger partial charge in [0.1, 0.15) is 12.7 Å². The molecule has 0 radical (unpaired) electrons. The molecule has 26 heavy (non-hydrogen) atoms. The predicted octanol–water partition coefficient (Wildman–Crippen LogP) is 2.66. The average molecular weight is 381 g/mol. The van der Waals surface area contributed by atoms with Crippen LogP contribution in [0.2, 0.25) is 0 Å². The first-order valence-corrected chi connectivity index (χ1v) is 10.1. The highest BCUT2D eigenvalue weighted by atomic mass is 32.2. The zero-order chi connectivity index (χ0) is 19.3. The standard InChI is InChI=1S/C19H24FNO4S/c1-14(15-8-10-17(11-9-15)26(3,23)24)21(2)12-16(22)13-25-19-7-5-4-6-18(19)20/h4-11,14,16,22H,12-13H2,1-3H3. The number of halogens is 1. The Hall–Kier alpha value is -1.96. The van der Waals surface area contributed by atoms with Crippen molar-refractivity contribution in [2.24, 2.45) is 0 Å². The van der Waals surface area contributed by atoms with E-state index in [4.69, 9.17) is 4.74 Å². The van der Waals surface area contributed by atoms with Crippen LogP contribution in [0.4, 0.5) is 4.39 Å². The Bertz CT molecular complexity index is 824. The Morgan fingerprint density at radius 2 is 1.77 bits per heavy atom. The first-order valence-electron chi connectivity index (χ1n) is 8.24. The van der Waals surface area contributed by atoms with E-state index in [-0.39, 0.29) is 23.3 Å². The molecular weight excluding hydrogens is 357 g/mol. The van der Waals surface area contributed by atoms with Crippen LogP contribution in [0.3, 0.4) is 0 Å². The number of likely N-dealkylation sites (N-methyl/N-ethyl adjacent to an activating group) is 1. The molecule has 1 N–H and O–H groups in total. The van der Waals surface area contributed by atoms with E-state index in [0.717, 1.165) is 5.56 Å². The van der Waals surface area contributed by atoms with Crippen LogP contribution in [-0.4, -0.2) is 51.0 Å². The van der Waals surface area contributed by atoms with Gasteiger partial charge >= 0.3 is 0 Å². The van der Waals surface area contributed by atoms with Gasteiger partial charge in [-0.3, -0.25) is 4.90 Å². The van der Waals surface area contributed by atoms with E-state index >= 15 is 0 Å². The predicted molar refractivity (Wildman–Crippen MR) is 98.5 cm³/mol. The Morgan fingerprint density at radius 1 is 1.15 bits per heavy atom. The topological polar surface area (TPSA) is 66.8 Å². The van der Waals surface area contributed by atoms with Gasteiger partial charge in [0, 0.05) is 18.8 Å². The van der Waals surface area contributed by atoms with Gasteiger partial charge in [0.15, 0.2) is 21.4 Å². The van der Waals surface area contributed by atoms with Gasteiger partial charge in [-0.25, -0.2) is 12.8 Å². The number of rotatable bonds is 8. The second-order valence-corrected chi connectivity index (χ2v) is 8.37. The second kappa shape index (κ2) is 8.62. The van der Waals surface area contributed by atoms with E-state index in [0.29, 0.717) is 6.54 Å². The van der Waals surface area contributed by atoms with Crippen molar-refractivity contribution >= 4 is 9.84 Å². The van der Waals surface area contributed by atoms with Gasteiger partial charge in [0.25, 0.3) is 0 Å². The van der Waals surface area contributed by atoms with E-state index < -0.39 is 21.8 Å². The lowest BCUT2D eigenvalue weighted by atomic mass is 10.1. The third kappa shape index (κ3) is 5.52. The fourth-order valence-corrected chi connectivity index (χ4v) is 3.17. The van der Waals surface area contributed by atoms with Crippen LogP contribution in [0.1, 0.15) is 18.5 Å². The van der Waals surface area contributed by atoms with E-state index in [1.165, 1.54) is 18.4 Å². The summed E-state index contributed by atoms with van der Waals surface area (Å²) in [5.74, 6) is -0.356. The maximum Gasteiger partial charge on any atom is 0.175 e. The maximum atomic E-state index is 13.5. The van der Waals surface area contributed by atoms with Crippen molar-refractivity contribution in [3.8, 4) is 5.75 Å². The average Bonchev–Trinajstić information content (AvgIpc) is 2.59. The van der Waals surface area contributed by atoms with Crippen LogP contribution in [0.5, 0.6) is 5.75 Å². The van der Waals surface area contributed by atoms with E-state index in [2.05, 4.69) is 0 Å². The van der Waals surface area contributed by atoms with Gasteiger partial charge in [-0.2, -0.15) is 0 Å². The first-order chi connectivity index (χ1) is 12.2. The van der Waals surface area contributed by atoms with Crippen LogP contribution >= 0.6 is 0 Å². The van der Waals surface area contributed by atoms with Crippen LogP contribution in [0.25, 0.3) is 0 Å². The number of aliphatic hydroxyl groups is 1. The molecule has 0 bridgehead atoms. The van der Waals surface area contributed by atoms with Crippen molar-refractivity contribution in [3.63, 3.8) is 0 Å². The molecule has 2 aromatic carbocycles. The number of ether oxygens (including phenoxy) is 1. The van der Waals surface area contributed by atoms with Crippen LogP contribution < -0.4 is 4.74 Å². The lowest BCUT2D eigenvalue weighted by Crippen LogP contribution is -2.34. The van der Waals surface area contributed by atoms with Crippen LogP contribution in [-0.2, 0) is 9.84 Å². The maximum absolute atomic E-state index is 13.5. The Morgan fingerprint density at radius 3 is 2.35 bits per heavy atom. The van der Waals surface area contributed by atoms with Crippen molar-refractivity contribution in [1.29, 1.82) is 0 Å². The van der Waals surface area contributed by atoms with Gasteiger partial charge in [0.05, 0.1) is 4.90 Å². The van der Waals surface area contributed by atoms with Gasteiger partial charge < -0.3 is 9.84 Å². The normalized spacial score (nSPS) is 14.2. The smallest absolute Gasteiger partial charge is 0.175 e. The number of para-hydroxylation sites is 1. The monoisotopic (exact) mass is 381 g/mol. The molecule has 0 aromatic heterocycles. The van der Waals surface area contributed by atoms with Crippen molar-refractivity contribution in [2.45, 2.75) is 24.0 Å². The van der Waals surface area contributed by atoms with Gasteiger partial charge in [-0.05, 0) is 43.8 Å². The number of aliphatic hydroxyl groups excluding tert-OH is 1. The van der Waals surface area contributed by atoms with Gasteiger partial charge in [-0.1, -0.05) is 24.3 Å². The van der Waals surface area contributed by atoms with Gasteiger partial charge in [-0.15, -0.1) is 0 Å². The molecule has 2 rings (SSSR count). The Kier molecular flexibility index (Phi) is 6.75. The summed E-state index contributed by atoms with van der Waals surface area (Å²) in [6.07, 6.45) is 0.376. The molecule has 0 saturated heterocycles. The molecule has 0 aliphatic carbocycles. The van der Waals surface area contributed by atoms with Crippen molar-refractivity contribution in [3.05, 3.63) is 59.9 Å². The minimum Gasteiger partial charge on any atom is -0.488 e. The summed E-state index contributed by atoms with van der Waals surface area (Å²) in [6, 6.07) is 12.7. The van der Waals surface area contributed by atoms with E-state index in [1.54, 1.807) is 36.4 Å².